The number of rotatable bonds is 5. The zero-order chi connectivity index (χ0) is 16.5. The van der Waals surface area contributed by atoms with Crippen molar-refractivity contribution in [2.24, 2.45) is 0 Å². The highest BCUT2D eigenvalue weighted by atomic mass is 16.5. The van der Waals surface area contributed by atoms with Gasteiger partial charge in [0.05, 0.1) is 19.3 Å². The SMILES string of the molecule is COc1c(C)nc(C2CC2)nc1NCc1nnc2n1CCCCC2. The van der Waals surface area contributed by atoms with Crippen molar-refractivity contribution in [3.63, 3.8) is 0 Å². The maximum absolute atomic E-state index is 5.50. The van der Waals surface area contributed by atoms with Gasteiger partial charge in [-0.2, -0.15) is 0 Å². The van der Waals surface area contributed by atoms with Crippen molar-refractivity contribution in [2.75, 3.05) is 12.4 Å². The molecule has 0 unspecified atom stereocenters. The fourth-order valence-corrected chi connectivity index (χ4v) is 3.31. The molecule has 1 aliphatic carbocycles. The van der Waals surface area contributed by atoms with E-state index in [4.69, 9.17) is 9.72 Å². The number of aromatic nitrogens is 5. The summed E-state index contributed by atoms with van der Waals surface area (Å²) < 4.78 is 7.76. The number of nitrogens with zero attached hydrogens (tertiary/aromatic N) is 5. The third-order valence-corrected chi connectivity index (χ3v) is 4.80. The summed E-state index contributed by atoms with van der Waals surface area (Å²) in [6.45, 7) is 3.58. The lowest BCUT2D eigenvalue weighted by Gasteiger charge is -2.14. The molecule has 128 valence electrons. The largest absolute Gasteiger partial charge is 0.491 e. The minimum atomic E-state index is 0.513. The lowest BCUT2D eigenvalue weighted by atomic mass is 10.2. The lowest BCUT2D eigenvalue weighted by Crippen LogP contribution is -2.13. The zero-order valence-corrected chi connectivity index (χ0v) is 14.4. The van der Waals surface area contributed by atoms with Crippen molar-refractivity contribution in [1.82, 2.24) is 24.7 Å². The molecule has 24 heavy (non-hydrogen) atoms. The molecule has 0 saturated heterocycles. The first kappa shape index (κ1) is 15.4. The number of aryl methyl sites for hydroxylation is 2. The van der Waals surface area contributed by atoms with E-state index in [1.54, 1.807) is 7.11 Å². The van der Waals surface area contributed by atoms with E-state index in [0.29, 0.717) is 12.5 Å². The first-order valence-electron chi connectivity index (χ1n) is 8.83. The molecule has 1 saturated carbocycles. The molecule has 4 rings (SSSR count). The molecule has 1 fully saturated rings. The van der Waals surface area contributed by atoms with E-state index < -0.39 is 0 Å². The number of nitrogens with one attached hydrogen (secondary N) is 1. The van der Waals surface area contributed by atoms with Gasteiger partial charge < -0.3 is 14.6 Å². The van der Waals surface area contributed by atoms with Crippen molar-refractivity contribution >= 4 is 5.82 Å². The van der Waals surface area contributed by atoms with Gasteiger partial charge in [-0.15, -0.1) is 10.2 Å². The molecule has 0 bridgehead atoms. The van der Waals surface area contributed by atoms with Crippen LogP contribution in [-0.2, 0) is 19.5 Å². The van der Waals surface area contributed by atoms with Crippen molar-refractivity contribution < 1.29 is 4.74 Å². The van der Waals surface area contributed by atoms with Crippen molar-refractivity contribution in [2.45, 2.75) is 64.5 Å². The number of hydrogen-bond donors (Lipinski definition) is 1. The van der Waals surface area contributed by atoms with Crippen LogP contribution in [0, 0.1) is 6.92 Å². The first-order valence-corrected chi connectivity index (χ1v) is 8.83. The Morgan fingerprint density at radius 3 is 2.83 bits per heavy atom. The molecule has 1 aliphatic heterocycles. The molecular formula is C17H24N6O. The van der Waals surface area contributed by atoms with E-state index in [1.165, 1.54) is 32.1 Å². The minimum Gasteiger partial charge on any atom is -0.491 e. The molecule has 0 spiro atoms. The molecule has 0 atom stereocenters. The van der Waals surface area contributed by atoms with Crippen molar-refractivity contribution in [1.29, 1.82) is 0 Å². The van der Waals surface area contributed by atoms with Gasteiger partial charge in [-0.25, -0.2) is 9.97 Å². The molecule has 0 radical (unpaired) electrons. The summed E-state index contributed by atoms with van der Waals surface area (Å²) in [6.07, 6.45) is 7.05. The minimum absolute atomic E-state index is 0.513. The van der Waals surface area contributed by atoms with Crippen LogP contribution < -0.4 is 10.1 Å². The molecule has 2 aromatic heterocycles. The van der Waals surface area contributed by atoms with Crippen LogP contribution in [0.25, 0.3) is 0 Å². The van der Waals surface area contributed by atoms with Crippen molar-refractivity contribution in [3.8, 4) is 5.75 Å². The molecule has 1 N–H and O–H groups in total. The molecule has 0 aromatic carbocycles. The van der Waals surface area contributed by atoms with Crippen LogP contribution in [0.4, 0.5) is 5.82 Å². The Kier molecular flexibility index (Phi) is 4.08. The number of methoxy groups -OCH3 is 1. The van der Waals surface area contributed by atoms with Gasteiger partial charge in [-0.3, -0.25) is 0 Å². The Morgan fingerprint density at radius 2 is 2.04 bits per heavy atom. The molecule has 2 aliphatic rings. The van der Waals surface area contributed by atoms with Crippen LogP contribution >= 0.6 is 0 Å². The monoisotopic (exact) mass is 328 g/mol. The summed E-state index contributed by atoms with van der Waals surface area (Å²) in [7, 11) is 1.66. The van der Waals surface area contributed by atoms with Crippen LogP contribution in [0.1, 0.15) is 61.2 Å². The predicted octanol–water partition coefficient (Wildman–Crippen LogP) is 2.60. The fraction of sp³-hybridized carbons (Fsp3) is 0.647. The smallest absolute Gasteiger partial charge is 0.182 e. The van der Waals surface area contributed by atoms with Gasteiger partial charge in [0, 0.05) is 18.9 Å². The van der Waals surface area contributed by atoms with Gasteiger partial charge in [-0.05, 0) is 32.6 Å². The highest BCUT2D eigenvalue weighted by Crippen LogP contribution is 2.40. The van der Waals surface area contributed by atoms with Crippen LogP contribution in [-0.4, -0.2) is 31.8 Å². The average molecular weight is 328 g/mol. The van der Waals surface area contributed by atoms with Crippen LogP contribution in [0.2, 0.25) is 0 Å². The third-order valence-electron chi connectivity index (χ3n) is 4.80. The molecular weight excluding hydrogens is 304 g/mol. The van der Waals surface area contributed by atoms with Crippen molar-refractivity contribution in [3.05, 3.63) is 23.2 Å². The normalized spacial score (nSPS) is 17.2. The summed E-state index contributed by atoms with van der Waals surface area (Å²) in [4.78, 5) is 9.28. The maximum Gasteiger partial charge on any atom is 0.182 e. The molecule has 7 heteroatoms. The van der Waals surface area contributed by atoms with Crippen LogP contribution in [0.3, 0.4) is 0 Å². The van der Waals surface area contributed by atoms with E-state index in [9.17, 15) is 0 Å². The summed E-state index contributed by atoms with van der Waals surface area (Å²) in [5.74, 6) is 5.00. The van der Waals surface area contributed by atoms with Gasteiger partial charge in [0.1, 0.15) is 11.6 Å². The summed E-state index contributed by atoms with van der Waals surface area (Å²) in [5, 5.41) is 12.1. The topological polar surface area (TPSA) is 77.8 Å². The van der Waals surface area contributed by atoms with Gasteiger partial charge in [0.15, 0.2) is 17.4 Å². The van der Waals surface area contributed by atoms with Crippen LogP contribution in [0.15, 0.2) is 0 Å². The van der Waals surface area contributed by atoms with Gasteiger partial charge in [0.25, 0.3) is 0 Å². The van der Waals surface area contributed by atoms with E-state index in [-0.39, 0.29) is 0 Å². The lowest BCUT2D eigenvalue weighted by molar-refractivity contribution is 0.408. The Hall–Kier alpha value is -2.18. The fourth-order valence-electron chi connectivity index (χ4n) is 3.31. The average Bonchev–Trinajstić information content (AvgIpc) is 3.39. The Bertz CT molecular complexity index is 737. The summed E-state index contributed by atoms with van der Waals surface area (Å²) in [6, 6.07) is 0. The second-order valence-corrected chi connectivity index (χ2v) is 6.67. The van der Waals surface area contributed by atoms with Gasteiger partial charge in [0.2, 0.25) is 0 Å². The quantitative estimate of drug-likeness (QED) is 0.909. The molecule has 3 heterocycles. The predicted molar refractivity (Wildman–Crippen MR) is 90.2 cm³/mol. The summed E-state index contributed by atoms with van der Waals surface area (Å²) >= 11 is 0. The molecule has 0 amide bonds. The van der Waals surface area contributed by atoms with E-state index in [2.05, 4.69) is 25.1 Å². The number of ether oxygens (including phenoxy) is 1. The van der Waals surface area contributed by atoms with E-state index in [1.807, 2.05) is 6.92 Å². The molecule has 2 aromatic rings. The second kappa shape index (κ2) is 6.37. The van der Waals surface area contributed by atoms with Gasteiger partial charge in [-0.1, -0.05) is 6.42 Å². The number of hydrogen-bond acceptors (Lipinski definition) is 6. The first-order chi connectivity index (χ1) is 11.8. The Morgan fingerprint density at radius 1 is 1.17 bits per heavy atom. The standard InChI is InChI=1S/C17H24N6O/c1-11-15(24-2)17(20-16(19-11)12-7-8-12)18-10-14-22-21-13-6-4-3-5-9-23(13)14/h12H,3-10H2,1-2H3,(H,18,19,20). The van der Waals surface area contributed by atoms with Gasteiger partial charge >= 0.3 is 0 Å². The second-order valence-electron chi connectivity index (χ2n) is 6.67. The van der Waals surface area contributed by atoms with Crippen LogP contribution in [0.5, 0.6) is 5.75 Å². The number of anilines is 1. The maximum atomic E-state index is 5.50. The molecule has 7 nitrogen and oxygen atoms in total. The zero-order valence-electron chi connectivity index (χ0n) is 14.4. The number of fused-ring (bicyclic) bond motifs is 1. The summed E-state index contributed by atoms with van der Waals surface area (Å²) in [5.41, 5.74) is 0.886. The van der Waals surface area contributed by atoms with E-state index >= 15 is 0 Å². The highest BCUT2D eigenvalue weighted by Gasteiger charge is 2.28. The highest BCUT2D eigenvalue weighted by molar-refractivity contribution is 5.53. The Balaban J connectivity index is 1.56. The Labute approximate surface area is 141 Å². The third kappa shape index (κ3) is 2.95. The van der Waals surface area contributed by atoms with E-state index in [0.717, 1.165) is 47.7 Å².